The highest BCUT2D eigenvalue weighted by atomic mass is 16.6. The summed E-state index contributed by atoms with van der Waals surface area (Å²) in [4.78, 5) is 17.1. The zero-order chi connectivity index (χ0) is 19.5. The molecule has 0 saturated carbocycles. The van der Waals surface area contributed by atoms with Gasteiger partial charge in [-0.2, -0.15) is 0 Å². The van der Waals surface area contributed by atoms with Crippen molar-refractivity contribution in [1.29, 1.82) is 0 Å². The van der Waals surface area contributed by atoms with Crippen molar-refractivity contribution in [3.05, 3.63) is 59.7 Å². The topological polar surface area (TPSA) is 42.0 Å². The SMILES string of the molecule is C[C@@H](c1ccccc1)N(C)C(=O)CN1CCC[C@H]1c1ccc2c(c1)OCCO2. The summed E-state index contributed by atoms with van der Waals surface area (Å²) in [7, 11) is 1.90. The number of fused-ring (bicyclic) bond motifs is 1. The molecule has 148 valence electrons. The van der Waals surface area contributed by atoms with Crippen molar-refractivity contribution in [3.8, 4) is 11.5 Å². The van der Waals surface area contributed by atoms with E-state index in [9.17, 15) is 4.79 Å². The number of hydrogen-bond donors (Lipinski definition) is 0. The number of hydrogen-bond acceptors (Lipinski definition) is 4. The Morgan fingerprint density at radius 1 is 1.14 bits per heavy atom. The van der Waals surface area contributed by atoms with E-state index in [2.05, 4.69) is 36.1 Å². The molecule has 0 unspecified atom stereocenters. The largest absolute Gasteiger partial charge is 0.486 e. The van der Waals surface area contributed by atoms with Crippen LogP contribution in [0.2, 0.25) is 0 Å². The second-order valence-electron chi connectivity index (χ2n) is 7.62. The number of benzene rings is 2. The van der Waals surface area contributed by atoms with Crippen LogP contribution in [0.3, 0.4) is 0 Å². The molecule has 0 aromatic heterocycles. The molecular formula is C23H28N2O3. The normalized spacial score (nSPS) is 20.0. The number of nitrogens with zero attached hydrogens (tertiary/aromatic N) is 2. The minimum absolute atomic E-state index is 0.0593. The summed E-state index contributed by atoms with van der Waals surface area (Å²) in [6.45, 7) is 4.65. The maximum Gasteiger partial charge on any atom is 0.237 e. The number of amides is 1. The van der Waals surface area contributed by atoms with Gasteiger partial charge in [0, 0.05) is 13.1 Å². The number of likely N-dealkylation sites (N-methyl/N-ethyl adjacent to an activating group) is 1. The third-order valence-electron chi connectivity index (χ3n) is 5.91. The Bertz CT molecular complexity index is 824. The molecule has 2 atom stereocenters. The van der Waals surface area contributed by atoms with Crippen LogP contribution in [0.4, 0.5) is 0 Å². The molecule has 2 aromatic rings. The molecule has 0 spiro atoms. The second-order valence-corrected chi connectivity index (χ2v) is 7.62. The van der Waals surface area contributed by atoms with Gasteiger partial charge in [-0.3, -0.25) is 9.69 Å². The highest BCUT2D eigenvalue weighted by Crippen LogP contribution is 2.38. The summed E-state index contributed by atoms with van der Waals surface area (Å²) < 4.78 is 11.4. The molecule has 2 aromatic carbocycles. The van der Waals surface area contributed by atoms with E-state index in [1.165, 1.54) is 5.56 Å². The quantitative estimate of drug-likeness (QED) is 0.791. The van der Waals surface area contributed by atoms with Crippen LogP contribution in [-0.2, 0) is 4.79 Å². The highest BCUT2D eigenvalue weighted by Gasteiger charge is 2.30. The van der Waals surface area contributed by atoms with E-state index in [0.29, 0.717) is 19.8 Å². The Balaban J connectivity index is 1.44. The van der Waals surface area contributed by atoms with Gasteiger partial charge < -0.3 is 14.4 Å². The first-order valence-electron chi connectivity index (χ1n) is 10.1. The standard InChI is InChI=1S/C23H28N2O3/c1-17(18-7-4-3-5-8-18)24(2)23(26)16-25-12-6-9-20(25)19-10-11-21-22(15-19)28-14-13-27-21/h3-5,7-8,10-11,15,17,20H,6,9,12-14,16H2,1-2H3/t17-,20-/m0/s1. The lowest BCUT2D eigenvalue weighted by Gasteiger charge is -2.30. The molecule has 5 heteroatoms. The van der Waals surface area contributed by atoms with E-state index in [0.717, 1.165) is 36.4 Å². The maximum atomic E-state index is 13.0. The minimum atomic E-state index is 0.0593. The zero-order valence-corrected chi connectivity index (χ0v) is 16.6. The van der Waals surface area contributed by atoms with Crippen LogP contribution in [0.25, 0.3) is 0 Å². The van der Waals surface area contributed by atoms with Crippen LogP contribution >= 0.6 is 0 Å². The Morgan fingerprint density at radius 3 is 2.68 bits per heavy atom. The van der Waals surface area contributed by atoms with E-state index >= 15 is 0 Å². The van der Waals surface area contributed by atoms with Crippen LogP contribution in [0.5, 0.6) is 11.5 Å². The lowest BCUT2D eigenvalue weighted by molar-refractivity contribution is -0.133. The summed E-state index contributed by atoms with van der Waals surface area (Å²) in [5.74, 6) is 1.78. The van der Waals surface area contributed by atoms with Gasteiger partial charge in [-0.15, -0.1) is 0 Å². The highest BCUT2D eigenvalue weighted by molar-refractivity contribution is 5.78. The third-order valence-corrected chi connectivity index (χ3v) is 5.91. The Kier molecular flexibility index (Phi) is 5.53. The monoisotopic (exact) mass is 380 g/mol. The molecule has 0 radical (unpaired) electrons. The van der Waals surface area contributed by atoms with Crippen molar-refractivity contribution < 1.29 is 14.3 Å². The molecule has 5 nitrogen and oxygen atoms in total. The van der Waals surface area contributed by atoms with Gasteiger partial charge in [-0.05, 0) is 49.6 Å². The number of ether oxygens (including phenoxy) is 2. The fourth-order valence-electron chi connectivity index (χ4n) is 4.12. The van der Waals surface area contributed by atoms with E-state index in [-0.39, 0.29) is 18.0 Å². The van der Waals surface area contributed by atoms with Crippen molar-refractivity contribution in [3.63, 3.8) is 0 Å². The van der Waals surface area contributed by atoms with Gasteiger partial charge in [0.2, 0.25) is 5.91 Å². The molecular weight excluding hydrogens is 352 g/mol. The molecule has 0 N–H and O–H groups in total. The van der Waals surface area contributed by atoms with Crippen LogP contribution in [0.1, 0.15) is 43.0 Å². The smallest absolute Gasteiger partial charge is 0.237 e. The minimum Gasteiger partial charge on any atom is -0.486 e. The van der Waals surface area contributed by atoms with Gasteiger partial charge in [-0.25, -0.2) is 0 Å². The van der Waals surface area contributed by atoms with E-state index < -0.39 is 0 Å². The molecule has 0 bridgehead atoms. The van der Waals surface area contributed by atoms with Gasteiger partial charge in [0.15, 0.2) is 11.5 Å². The molecule has 2 aliphatic rings. The van der Waals surface area contributed by atoms with Crippen molar-refractivity contribution in [1.82, 2.24) is 9.80 Å². The van der Waals surface area contributed by atoms with Crippen LogP contribution in [0, 0.1) is 0 Å². The molecule has 1 fully saturated rings. The second kappa shape index (κ2) is 8.23. The molecule has 4 rings (SSSR count). The van der Waals surface area contributed by atoms with Gasteiger partial charge in [0.1, 0.15) is 13.2 Å². The maximum absolute atomic E-state index is 13.0. The van der Waals surface area contributed by atoms with Gasteiger partial charge in [-0.1, -0.05) is 36.4 Å². The van der Waals surface area contributed by atoms with Crippen molar-refractivity contribution in [2.24, 2.45) is 0 Å². The molecule has 2 heterocycles. The molecule has 2 aliphatic heterocycles. The molecule has 28 heavy (non-hydrogen) atoms. The van der Waals surface area contributed by atoms with Crippen molar-refractivity contribution >= 4 is 5.91 Å². The summed E-state index contributed by atoms with van der Waals surface area (Å²) in [5.41, 5.74) is 2.36. The number of likely N-dealkylation sites (tertiary alicyclic amines) is 1. The number of rotatable bonds is 5. The summed E-state index contributed by atoms with van der Waals surface area (Å²) >= 11 is 0. The molecule has 0 aliphatic carbocycles. The lowest BCUT2D eigenvalue weighted by atomic mass is 10.0. The first kappa shape index (κ1) is 18.8. The molecule has 1 saturated heterocycles. The van der Waals surface area contributed by atoms with Gasteiger partial charge in [0.25, 0.3) is 0 Å². The Labute approximate surface area is 166 Å². The predicted molar refractivity (Wildman–Crippen MR) is 109 cm³/mol. The van der Waals surface area contributed by atoms with Crippen LogP contribution < -0.4 is 9.47 Å². The Hall–Kier alpha value is -2.53. The van der Waals surface area contributed by atoms with E-state index in [4.69, 9.17) is 9.47 Å². The van der Waals surface area contributed by atoms with Gasteiger partial charge >= 0.3 is 0 Å². The average Bonchev–Trinajstić information content (AvgIpc) is 3.21. The third kappa shape index (κ3) is 3.85. The fraction of sp³-hybridized carbons (Fsp3) is 0.435. The summed E-state index contributed by atoms with van der Waals surface area (Å²) in [6, 6.07) is 16.7. The number of carbonyl (C=O) groups excluding carboxylic acids is 1. The lowest BCUT2D eigenvalue weighted by Crippen LogP contribution is -2.39. The predicted octanol–water partition coefficient (Wildman–Crippen LogP) is 3.81. The van der Waals surface area contributed by atoms with Gasteiger partial charge in [0.05, 0.1) is 12.6 Å². The Morgan fingerprint density at radius 2 is 1.89 bits per heavy atom. The van der Waals surface area contributed by atoms with Crippen molar-refractivity contribution in [2.75, 3.05) is 33.4 Å². The summed E-state index contributed by atoms with van der Waals surface area (Å²) in [6.07, 6.45) is 2.16. The first-order chi connectivity index (χ1) is 13.6. The van der Waals surface area contributed by atoms with Crippen LogP contribution in [-0.4, -0.2) is 49.1 Å². The van der Waals surface area contributed by atoms with E-state index in [1.807, 2.05) is 36.2 Å². The zero-order valence-electron chi connectivity index (χ0n) is 16.6. The molecule has 1 amide bonds. The van der Waals surface area contributed by atoms with Crippen molar-refractivity contribution in [2.45, 2.75) is 31.8 Å². The average molecular weight is 380 g/mol. The fourth-order valence-corrected chi connectivity index (χ4v) is 4.12. The van der Waals surface area contributed by atoms with E-state index in [1.54, 1.807) is 0 Å². The summed E-state index contributed by atoms with van der Waals surface area (Å²) in [5, 5.41) is 0. The van der Waals surface area contributed by atoms with Crippen LogP contribution in [0.15, 0.2) is 48.5 Å². The first-order valence-corrected chi connectivity index (χ1v) is 10.1. The number of carbonyl (C=O) groups is 1.